The summed E-state index contributed by atoms with van der Waals surface area (Å²) in [4.78, 5) is 10.9. The number of hydrogen-bond acceptors (Lipinski definition) is 2. The summed E-state index contributed by atoms with van der Waals surface area (Å²) in [6, 6.07) is 5.74. The van der Waals surface area contributed by atoms with E-state index in [1.807, 2.05) is 32.0 Å². The molecule has 0 fully saturated rings. The fourth-order valence-electron chi connectivity index (χ4n) is 1.05. The number of anilines is 1. The van der Waals surface area contributed by atoms with Crippen molar-refractivity contribution >= 4 is 11.8 Å². The Morgan fingerprint density at radius 3 is 2.69 bits per heavy atom. The normalized spacial score (nSPS) is 9.46. The summed E-state index contributed by atoms with van der Waals surface area (Å²) in [6.45, 7) is 3.96. The Labute approximate surface area is 77.7 Å². The average Bonchev–Trinajstić information content (AvgIpc) is 2.13. The van der Waals surface area contributed by atoms with Crippen molar-refractivity contribution in [2.45, 2.75) is 13.8 Å². The predicted molar refractivity (Wildman–Crippen MR) is 51.9 cm³/mol. The summed E-state index contributed by atoms with van der Waals surface area (Å²) in [5, 5.41) is 2.64. The predicted octanol–water partition coefficient (Wildman–Crippen LogP) is 2.48. The van der Waals surface area contributed by atoms with Gasteiger partial charge in [0, 0.05) is 5.69 Å². The van der Waals surface area contributed by atoms with Gasteiger partial charge in [0.1, 0.15) is 0 Å². The zero-order chi connectivity index (χ0) is 9.84. The standard InChI is InChI=1S/C10H13NO2/c1-7-5-4-6-9(8(7)2)11-10(12)13-3/h4-6H,1-3H3,(H,11,12). The van der Waals surface area contributed by atoms with Gasteiger partial charge in [0.15, 0.2) is 0 Å². The van der Waals surface area contributed by atoms with Gasteiger partial charge in [-0.2, -0.15) is 0 Å². The van der Waals surface area contributed by atoms with Gasteiger partial charge in [-0.05, 0) is 31.0 Å². The zero-order valence-electron chi connectivity index (χ0n) is 8.05. The molecule has 3 nitrogen and oxygen atoms in total. The molecule has 1 rings (SSSR count). The molecule has 3 heteroatoms. The van der Waals surface area contributed by atoms with Gasteiger partial charge >= 0.3 is 6.09 Å². The number of carbonyl (C=O) groups excluding carboxylic acids is 1. The molecule has 0 bridgehead atoms. The van der Waals surface area contributed by atoms with Crippen LogP contribution in [0.4, 0.5) is 10.5 Å². The number of benzene rings is 1. The highest BCUT2D eigenvalue weighted by atomic mass is 16.5. The summed E-state index contributed by atoms with van der Waals surface area (Å²) in [5.41, 5.74) is 3.01. The van der Waals surface area contributed by atoms with Crippen molar-refractivity contribution in [3.8, 4) is 0 Å². The summed E-state index contributed by atoms with van der Waals surface area (Å²) in [7, 11) is 1.35. The van der Waals surface area contributed by atoms with E-state index >= 15 is 0 Å². The highest BCUT2D eigenvalue weighted by Gasteiger charge is 2.03. The lowest BCUT2D eigenvalue weighted by Crippen LogP contribution is -2.12. The molecule has 0 atom stereocenters. The van der Waals surface area contributed by atoms with Crippen LogP contribution in [0.5, 0.6) is 0 Å². The molecular weight excluding hydrogens is 166 g/mol. The fourth-order valence-corrected chi connectivity index (χ4v) is 1.05. The molecule has 0 saturated heterocycles. The number of nitrogens with one attached hydrogen (secondary N) is 1. The molecule has 0 spiro atoms. The second-order valence-electron chi connectivity index (χ2n) is 2.86. The summed E-state index contributed by atoms with van der Waals surface area (Å²) in [5.74, 6) is 0. The lowest BCUT2D eigenvalue weighted by molar-refractivity contribution is 0.187. The number of hydrogen-bond donors (Lipinski definition) is 1. The Balaban J connectivity index is 2.89. The third-order valence-electron chi connectivity index (χ3n) is 2.03. The maximum Gasteiger partial charge on any atom is 0.411 e. The fraction of sp³-hybridized carbons (Fsp3) is 0.300. The van der Waals surface area contributed by atoms with Crippen LogP contribution in [0.25, 0.3) is 0 Å². The molecule has 1 N–H and O–H groups in total. The summed E-state index contributed by atoms with van der Waals surface area (Å²) < 4.78 is 4.50. The Bertz CT molecular complexity index is 321. The number of methoxy groups -OCH3 is 1. The highest BCUT2D eigenvalue weighted by molar-refractivity contribution is 5.85. The van der Waals surface area contributed by atoms with E-state index in [0.29, 0.717) is 0 Å². The third kappa shape index (κ3) is 2.21. The molecule has 70 valence electrons. The first-order chi connectivity index (χ1) is 6.15. The van der Waals surface area contributed by atoms with Crippen molar-refractivity contribution in [2.75, 3.05) is 12.4 Å². The van der Waals surface area contributed by atoms with Gasteiger partial charge in [-0.1, -0.05) is 12.1 Å². The van der Waals surface area contributed by atoms with Crippen LogP contribution in [0.15, 0.2) is 18.2 Å². The molecule has 0 aromatic heterocycles. The molecule has 1 aromatic rings. The molecule has 0 saturated carbocycles. The van der Waals surface area contributed by atoms with E-state index in [1.54, 1.807) is 0 Å². The van der Waals surface area contributed by atoms with Crippen molar-refractivity contribution in [1.29, 1.82) is 0 Å². The van der Waals surface area contributed by atoms with Crippen LogP contribution in [-0.2, 0) is 4.74 Å². The molecule has 0 heterocycles. The van der Waals surface area contributed by atoms with Crippen LogP contribution in [-0.4, -0.2) is 13.2 Å². The minimum Gasteiger partial charge on any atom is -0.453 e. The van der Waals surface area contributed by atoms with Gasteiger partial charge in [0.2, 0.25) is 0 Å². The largest absolute Gasteiger partial charge is 0.453 e. The van der Waals surface area contributed by atoms with Crippen molar-refractivity contribution in [1.82, 2.24) is 0 Å². The summed E-state index contributed by atoms with van der Waals surface area (Å²) >= 11 is 0. The number of carbonyl (C=O) groups is 1. The van der Waals surface area contributed by atoms with E-state index in [9.17, 15) is 4.79 Å². The minimum absolute atomic E-state index is 0.436. The second kappa shape index (κ2) is 3.94. The van der Waals surface area contributed by atoms with E-state index in [4.69, 9.17) is 0 Å². The number of rotatable bonds is 1. The van der Waals surface area contributed by atoms with Gasteiger partial charge in [-0.25, -0.2) is 4.79 Å². The van der Waals surface area contributed by atoms with Crippen LogP contribution in [0.2, 0.25) is 0 Å². The zero-order valence-corrected chi connectivity index (χ0v) is 8.05. The van der Waals surface area contributed by atoms with E-state index in [2.05, 4.69) is 10.1 Å². The van der Waals surface area contributed by atoms with Crippen molar-refractivity contribution in [3.63, 3.8) is 0 Å². The molecule has 0 radical (unpaired) electrons. The second-order valence-corrected chi connectivity index (χ2v) is 2.86. The molecule has 1 amide bonds. The maximum atomic E-state index is 10.9. The van der Waals surface area contributed by atoms with Gasteiger partial charge < -0.3 is 4.74 Å². The van der Waals surface area contributed by atoms with Crippen molar-refractivity contribution in [2.24, 2.45) is 0 Å². The van der Waals surface area contributed by atoms with E-state index in [1.165, 1.54) is 7.11 Å². The molecule has 13 heavy (non-hydrogen) atoms. The monoisotopic (exact) mass is 179 g/mol. The number of amides is 1. The van der Waals surface area contributed by atoms with Crippen molar-refractivity contribution < 1.29 is 9.53 Å². The lowest BCUT2D eigenvalue weighted by atomic mass is 10.1. The van der Waals surface area contributed by atoms with Gasteiger partial charge in [0.25, 0.3) is 0 Å². The first-order valence-corrected chi connectivity index (χ1v) is 4.06. The molecule has 0 aliphatic rings. The quantitative estimate of drug-likeness (QED) is 0.719. The van der Waals surface area contributed by atoms with E-state index in [0.717, 1.165) is 16.8 Å². The van der Waals surface area contributed by atoms with Crippen LogP contribution < -0.4 is 5.32 Å². The average molecular weight is 179 g/mol. The van der Waals surface area contributed by atoms with Crippen LogP contribution in [0.3, 0.4) is 0 Å². The Hall–Kier alpha value is -1.51. The molecule has 0 aliphatic heterocycles. The van der Waals surface area contributed by atoms with Gasteiger partial charge in [-0.3, -0.25) is 5.32 Å². The topological polar surface area (TPSA) is 38.3 Å². The first kappa shape index (κ1) is 9.58. The Morgan fingerprint density at radius 1 is 1.38 bits per heavy atom. The smallest absolute Gasteiger partial charge is 0.411 e. The van der Waals surface area contributed by atoms with Gasteiger partial charge in [0.05, 0.1) is 7.11 Å². The SMILES string of the molecule is COC(=O)Nc1cccc(C)c1C. The van der Waals surface area contributed by atoms with E-state index in [-0.39, 0.29) is 0 Å². The van der Waals surface area contributed by atoms with E-state index < -0.39 is 6.09 Å². The molecule has 0 unspecified atom stereocenters. The lowest BCUT2D eigenvalue weighted by Gasteiger charge is -2.08. The van der Waals surface area contributed by atoms with Crippen LogP contribution >= 0.6 is 0 Å². The highest BCUT2D eigenvalue weighted by Crippen LogP contribution is 2.17. The Kier molecular flexibility index (Phi) is 2.90. The molecule has 0 aliphatic carbocycles. The Morgan fingerprint density at radius 2 is 2.08 bits per heavy atom. The van der Waals surface area contributed by atoms with Crippen LogP contribution in [0.1, 0.15) is 11.1 Å². The van der Waals surface area contributed by atoms with Gasteiger partial charge in [-0.15, -0.1) is 0 Å². The minimum atomic E-state index is -0.436. The summed E-state index contributed by atoms with van der Waals surface area (Å²) in [6.07, 6.45) is -0.436. The van der Waals surface area contributed by atoms with Crippen LogP contribution in [0, 0.1) is 13.8 Å². The number of ether oxygens (including phenoxy) is 1. The molecular formula is C10H13NO2. The maximum absolute atomic E-state index is 10.9. The number of aryl methyl sites for hydroxylation is 1. The third-order valence-corrected chi connectivity index (χ3v) is 2.03. The first-order valence-electron chi connectivity index (χ1n) is 4.06. The molecule has 1 aromatic carbocycles. The van der Waals surface area contributed by atoms with Crippen molar-refractivity contribution in [3.05, 3.63) is 29.3 Å².